The zero-order valence-corrected chi connectivity index (χ0v) is 12.2. The van der Waals surface area contributed by atoms with Gasteiger partial charge in [0.2, 0.25) is 0 Å². The molecule has 2 aromatic carbocycles. The maximum atomic E-state index is 13.4. The molecule has 0 bridgehead atoms. The standard InChI is InChI=1S/C15H11ClFNOS/c1-18-9-15(13-8-11(17)4-7-14(13)18)20(19)12-5-2-10(16)3-6-12/h2-9H,1H3. The van der Waals surface area contributed by atoms with Gasteiger partial charge in [0, 0.05) is 34.1 Å². The Morgan fingerprint density at radius 2 is 1.85 bits per heavy atom. The van der Waals surface area contributed by atoms with E-state index in [1.807, 2.05) is 11.6 Å². The third-order valence-corrected chi connectivity index (χ3v) is 4.82. The van der Waals surface area contributed by atoms with Crippen molar-refractivity contribution in [2.45, 2.75) is 9.79 Å². The van der Waals surface area contributed by atoms with Crippen LogP contribution in [0.3, 0.4) is 0 Å². The molecule has 1 heterocycles. The SMILES string of the molecule is Cn1cc(S(=O)c2ccc(Cl)cc2)c2cc(F)ccc21. The highest BCUT2D eigenvalue weighted by Gasteiger charge is 2.15. The van der Waals surface area contributed by atoms with E-state index in [1.54, 1.807) is 36.5 Å². The highest BCUT2D eigenvalue weighted by molar-refractivity contribution is 7.85. The summed E-state index contributed by atoms with van der Waals surface area (Å²) >= 11 is 5.83. The molecule has 0 amide bonds. The second-order valence-electron chi connectivity index (χ2n) is 4.49. The molecule has 3 aromatic rings. The molecule has 2 nitrogen and oxygen atoms in total. The quantitative estimate of drug-likeness (QED) is 0.697. The summed E-state index contributed by atoms with van der Waals surface area (Å²) in [6, 6.07) is 11.3. The van der Waals surface area contributed by atoms with Gasteiger partial charge in [-0.2, -0.15) is 0 Å². The van der Waals surface area contributed by atoms with Gasteiger partial charge in [0.1, 0.15) is 5.82 Å². The van der Waals surface area contributed by atoms with Crippen LogP contribution in [0.15, 0.2) is 58.5 Å². The maximum absolute atomic E-state index is 13.4. The Kier molecular flexibility index (Phi) is 3.36. The first-order valence-corrected chi connectivity index (χ1v) is 7.51. The summed E-state index contributed by atoms with van der Waals surface area (Å²) < 4.78 is 27.9. The minimum Gasteiger partial charge on any atom is -0.349 e. The first-order chi connectivity index (χ1) is 9.56. The maximum Gasteiger partial charge on any atom is 0.124 e. The monoisotopic (exact) mass is 307 g/mol. The van der Waals surface area contributed by atoms with E-state index in [2.05, 4.69) is 0 Å². The number of aryl methyl sites for hydroxylation is 1. The topological polar surface area (TPSA) is 22.0 Å². The first kappa shape index (κ1) is 13.3. The summed E-state index contributed by atoms with van der Waals surface area (Å²) in [5, 5.41) is 1.26. The lowest BCUT2D eigenvalue weighted by molar-refractivity contribution is 0.629. The third-order valence-electron chi connectivity index (χ3n) is 3.14. The molecule has 1 unspecified atom stereocenters. The van der Waals surface area contributed by atoms with Crippen molar-refractivity contribution >= 4 is 33.3 Å². The lowest BCUT2D eigenvalue weighted by atomic mass is 10.2. The fraction of sp³-hybridized carbons (Fsp3) is 0.0667. The Labute approximate surface area is 123 Å². The van der Waals surface area contributed by atoms with Crippen molar-refractivity contribution in [3.05, 3.63) is 59.5 Å². The Bertz CT molecular complexity index is 811. The van der Waals surface area contributed by atoms with Gasteiger partial charge in [0.05, 0.1) is 15.7 Å². The molecule has 0 fully saturated rings. The van der Waals surface area contributed by atoms with Crippen LogP contribution in [0, 0.1) is 5.82 Å². The van der Waals surface area contributed by atoms with Crippen LogP contribution < -0.4 is 0 Å². The van der Waals surface area contributed by atoms with Crippen molar-refractivity contribution in [2.24, 2.45) is 7.05 Å². The Hall–Kier alpha value is -1.65. The molecular formula is C15H11ClFNOS. The average molecular weight is 308 g/mol. The van der Waals surface area contributed by atoms with E-state index in [9.17, 15) is 8.60 Å². The smallest absolute Gasteiger partial charge is 0.124 e. The van der Waals surface area contributed by atoms with E-state index in [1.165, 1.54) is 12.1 Å². The molecular weight excluding hydrogens is 297 g/mol. The van der Waals surface area contributed by atoms with Gasteiger partial charge < -0.3 is 4.57 Å². The summed E-state index contributed by atoms with van der Waals surface area (Å²) in [6.45, 7) is 0. The van der Waals surface area contributed by atoms with Crippen molar-refractivity contribution in [1.29, 1.82) is 0 Å². The minimum atomic E-state index is -1.36. The summed E-state index contributed by atoms with van der Waals surface area (Å²) in [5.41, 5.74) is 0.851. The summed E-state index contributed by atoms with van der Waals surface area (Å²) in [5.74, 6) is -0.335. The molecule has 5 heteroatoms. The number of benzene rings is 2. The van der Waals surface area contributed by atoms with Crippen molar-refractivity contribution in [1.82, 2.24) is 4.57 Å². The van der Waals surface area contributed by atoms with Gasteiger partial charge in [-0.25, -0.2) is 8.60 Å². The molecule has 1 atom stereocenters. The molecule has 0 N–H and O–H groups in total. The predicted octanol–water partition coefficient (Wildman–Crippen LogP) is 4.14. The molecule has 0 saturated heterocycles. The van der Waals surface area contributed by atoms with Crippen molar-refractivity contribution < 1.29 is 8.60 Å². The van der Waals surface area contributed by atoms with Gasteiger partial charge in [-0.15, -0.1) is 0 Å². The van der Waals surface area contributed by atoms with Gasteiger partial charge in [0.25, 0.3) is 0 Å². The number of hydrogen-bond donors (Lipinski definition) is 0. The highest BCUT2D eigenvalue weighted by Crippen LogP contribution is 2.28. The van der Waals surface area contributed by atoms with Gasteiger partial charge >= 0.3 is 0 Å². The van der Waals surface area contributed by atoms with Gasteiger partial charge in [0.15, 0.2) is 0 Å². The number of halogens is 2. The number of aromatic nitrogens is 1. The van der Waals surface area contributed by atoms with Crippen molar-refractivity contribution in [3.63, 3.8) is 0 Å². The second kappa shape index (κ2) is 5.04. The highest BCUT2D eigenvalue weighted by atomic mass is 35.5. The summed E-state index contributed by atoms with van der Waals surface area (Å²) in [4.78, 5) is 1.25. The van der Waals surface area contributed by atoms with Crippen LogP contribution in [0.25, 0.3) is 10.9 Å². The van der Waals surface area contributed by atoms with E-state index in [4.69, 9.17) is 11.6 Å². The van der Waals surface area contributed by atoms with E-state index >= 15 is 0 Å². The van der Waals surface area contributed by atoms with Gasteiger partial charge in [-0.05, 0) is 42.5 Å². The number of hydrogen-bond acceptors (Lipinski definition) is 1. The van der Waals surface area contributed by atoms with Crippen LogP contribution in [0.5, 0.6) is 0 Å². The van der Waals surface area contributed by atoms with Gasteiger partial charge in [-0.1, -0.05) is 11.6 Å². The lowest BCUT2D eigenvalue weighted by Crippen LogP contribution is -1.91. The first-order valence-electron chi connectivity index (χ1n) is 5.98. The number of rotatable bonds is 2. The van der Waals surface area contributed by atoms with Crippen LogP contribution >= 0.6 is 11.6 Å². The molecule has 102 valence electrons. The Morgan fingerprint density at radius 3 is 2.55 bits per heavy atom. The zero-order valence-electron chi connectivity index (χ0n) is 10.6. The van der Waals surface area contributed by atoms with E-state index in [-0.39, 0.29) is 5.82 Å². The van der Waals surface area contributed by atoms with Gasteiger partial charge in [-0.3, -0.25) is 0 Å². The van der Waals surface area contributed by atoms with E-state index in [0.29, 0.717) is 20.2 Å². The molecule has 0 radical (unpaired) electrons. The molecule has 0 saturated carbocycles. The zero-order chi connectivity index (χ0) is 14.3. The molecule has 3 rings (SSSR count). The minimum absolute atomic E-state index is 0.335. The second-order valence-corrected chi connectivity index (χ2v) is 6.37. The predicted molar refractivity (Wildman–Crippen MR) is 79.0 cm³/mol. The summed E-state index contributed by atoms with van der Waals surface area (Å²) in [7, 11) is 0.487. The number of nitrogens with zero attached hydrogens (tertiary/aromatic N) is 1. The molecule has 1 aromatic heterocycles. The molecule has 0 spiro atoms. The van der Waals surface area contributed by atoms with E-state index < -0.39 is 10.8 Å². The Balaban J connectivity index is 2.16. The normalized spacial score (nSPS) is 12.8. The lowest BCUT2D eigenvalue weighted by Gasteiger charge is -2.01. The summed E-state index contributed by atoms with van der Waals surface area (Å²) in [6.07, 6.45) is 1.77. The fourth-order valence-electron chi connectivity index (χ4n) is 2.16. The third kappa shape index (κ3) is 2.25. The van der Waals surface area contributed by atoms with Crippen molar-refractivity contribution in [3.8, 4) is 0 Å². The largest absolute Gasteiger partial charge is 0.349 e. The van der Waals surface area contributed by atoms with Crippen LogP contribution in [-0.4, -0.2) is 8.78 Å². The van der Waals surface area contributed by atoms with Crippen LogP contribution in [0.1, 0.15) is 0 Å². The fourth-order valence-corrected chi connectivity index (χ4v) is 3.54. The van der Waals surface area contributed by atoms with Crippen LogP contribution in [-0.2, 0) is 17.8 Å². The van der Waals surface area contributed by atoms with E-state index in [0.717, 1.165) is 5.52 Å². The molecule has 20 heavy (non-hydrogen) atoms. The van der Waals surface area contributed by atoms with Crippen LogP contribution in [0.4, 0.5) is 4.39 Å². The molecule has 0 aliphatic carbocycles. The number of fused-ring (bicyclic) bond motifs is 1. The van der Waals surface area contributed by atoms with Crippen LogP contribution in [0.2, 0.25) is 5.02 Å². The van der Waals surface area contributed by atoms with Crippen molar-refractivity contribution in [2.75, 3.05) is 0 Å². The molecule has 0 aliphatic heterocycles. The molecule has 0 aliphatic rings. The average Bonchev–Trinajstić information content (AvgIpc) is 2.75. The Morgan fingerprint density at radius 1 is 1.15 bits per heavy atom.